The molecule has 1 unspecified atom stereocenters. The molecule has 102 valence electrons. The van der Waals surface area contributed by atoms with Gasteiger partial charge < -0.3 is 10.1 Å². The quantitative estimate of drug-likeness (QED) is 0.902. The molecule has 3 nitrogen and oxygen atoms in total. The van der Waals surface area contributed by atoms with Crippen LogP contribution in [-0.4, -0.2) is 12.1 Å². The third-order valence-corrected chi connectivity index (χ3v) is 3.63. The molecule has 1 fully saturated rings. The van der Waals surface area contributed by atoms with E-state index in [9.17, 15) is 0 Å². The van der Waals surface area contributed by atoms with Gasteiger partial charge in [0.25, 0.3) is 0 Å². The summed E-state index contributed by atoms with van der Waals surface area (Å²) in [6.45, 7) is 2.56. The first-order chi connectivity index (χ1) is 9.78. The third kappa shape index (κ3) is 2.76. The van der Waals surface area contributed by atoms with Crippen molar-refractivity contribution in [3.8, 4) is 11.8 Å². The van der Waals surface area contributed by atoms with Crippen LogP contribution in [0.5, 0.6) is 5.75 Å². The van der Waals surface area contributed by atoms with Crippen LogP contribution in [0, 0.1) is 11.3 Å². The first-order valence-electron chi connectivity index (χ1n) is 7.08. The van der Waals surface area contributed by atoms with E-state index in [1.54, 1.807) is 6.92 Å². The summed E-state index contributed by atoms with van der Waals surface area (Å²) in [4.78, 5) is 0. The first-order valence-corrected chi connectivity index (χ1v) is 7.08. The van der Waals surface area contributed by atoms with E-state index in [4.69, 9.17) is 10.00 Å². The van der Waals surface area contributed by atoms with Crippen LogP contribution < -0.4 is 10.1 Å². The molecule has 1 saturated carbocycles. The number of nitriles is 1. The van der Waals surface area contributed by atoms with Crippen molar-refractivity contribution < 1.29 is 4.74 Å². The maximum Gasteiger partial charge on any atom is 0.181 e. The van der Waals surface area contributed by atoms with Crippen molar-refractivity contribution in [1.82, 2.24) is 5.32 Å². The molecule has 0 radical (unpaired) electrons. The van der Waals surface area contributed by atoms with Crippen molar-refractivity contribution in [2.24, 2.45) is 0 Å². The Bertz CT molecular complexity index is 656. The van der Waals surface area contributed by atoms with Gasteiger partial charge in [-0.3, -0.25) is 0 Å². The first kappa shape index (κ1) is 13.0. The Morgan fingerprint density at radius 1 is 1.30 bits per heavy atom. The molecule has 0 saturated heterocycles. The Morgan fingerprint density at radius 2 is 2.10 bits per heavy atom. The molecular weight excluding hydrogens is 248 g/mol. The van der Waals surface area contributed by atoms with E-state index >= 15 is 0 Å². The molecule has 3 heteroatoms. The maximum atomic E-state index is 8.94. The summed E-state index contributed by atoms with van der Waals surface area (Å²) >= 11 is 0. The van der Waals surface area contributed by atoms with Crippen molar-refractivity contribution in [3.63, 3.8) is 0 Å². The van der Waals surface area contributed by atoms with E-state index in [1.807, 2.05) is 18.2 Å². The number of rotatable bonds is 5. The van der Waals surface area contributed by atoms with Gasteiger partial charge in [0, 0.05) is 18.2 Å². The van der Waals surface area contributed by atoms with E-state index in [0.29, 0.717) is 6.04 Å². The molecule has 20 heavy (non-hydrogen) atoms. The predicted molar refractivity (Wildman–Crippen MR) is 79.5 cm³/mol. The maximum absolute atomic E-state index is 8.94. The lowest BCUT2D eigenvalue weighted by atomic mass is 10.0. The highest BCUT2D eigenvalue weighted by Crippen LogP contribution is 2.30. The number of hydrogen-bond acceptors (Lipinski definition) is 3. The molecule has 1 N–H and O–H groups in total. The fourth-order valence-electron chi connectivity index (χ4n) is 2.36. The topological polar surface area (TPSA) is 45.0 Å². The second-order valence-corrected chi connectivity index (χ2v) is 5.31. The summed E-state index contributed by atoms with van der Waals surface area (Å²) < 4.78 is 5.75. The fourth-order valence-corrected chi connectivity index (χ4v) is 2.36. The van der Waals surface area contributed by atoms with Crippen molar-refractivity contribution in [2.75, 3.05) is 0 Å². The molecule has 2 aromatic rings. The molecule has 0 aromatic heterocycles. The number of fused-ring (bicyclic) bond motifs is 1. The fraction of sp³-hybridized carbons (Fsp3) is 0.353. The van der Waals surface area contributed by atoms with Crippen LogP contribution >= 0.6 is 0 Å². The average molecular weight is 266 g/mol. The lowest BCUT2D eigenvalue weighted by Crippen LogP contribution is -2.17. The number of ether oxygens (including phenoxy) is 1. The van der Waals surface area contributed by atoms with Crippen molar-refractivity contribution in [2.45, 2.75) is 38.5 Å². The number of nitrogens with zero attached hydrogens (tertiary/aromatic N) is 1. The Balaban J connectivity index is 1.98. The molecule has 0 aliphatic heterocycles. The largest absolute Gasteiger partial charge is 0.476 e. The molecule has 1 aliphatic rings. The Labute approximate surface area is 119 Å². The standard InChI is InChI=1S/C17H18N2O/c1-12(10-18)20-17-9-6-13-4-2-3-5-15(13)16(17)11-19-14-7-8-14/h2-6,9,12,14,19H,7-8,11H2,1H3. The Kier molecular flexibility index (Phi) is 3.58. The zero-order valence-electron chi connectivity index (χ0n) is 11.6. The van der Waals surface area contributed by atoms with E-state index < -0.39 is 6.10 Å². The minimum Gasteiger partial charge on any atom is -0.476 e. The minimum absolute atomic E-state index is 0.434. The number of benzene rings is 2. The lowest BCUT2D eigenvalue weighted by molar-refractivity contribution is 0.273. The number of nitrogens with one attached hydrogen (secondary N) is 1. The van der Waals surface area contributed by atoms with Crippen LogP contribution in [-0.2, 0) is 6.54 Å². The summed E-state index contributed by atoms with van der Waals surface area (Å²) in [5.74, 6) is 0.811. The lowest BCUT2D eigenvalue weighted by Gasteiger charge is -2.16. The normalized spacial score (nSPS) is 15.8. The van der Waals surface area contributed by atoms with Crippen LogP contribution in [0.25, 0.3) is 10.8 Å². The summed E-state index contributed by atoms with van der Waals surface area (Å²) in [6.07, 6.45) is 2.08. The molecule has 2 aromatic carbocycles. The number of hydrogen-bond donors (Lipinski definition) is 1. The summed E-state index contributed by atoms with van der Waals surface area (Å²) in [7, 11) is 0. The van der Waals surface area contributed by atoms with Gasteiger partial charge in [-0.15, -0.1) is 0 Å². The van der Waals surface area contributed by atoms with Crippen molar-refractivity contribution in [3.05, 3.63) is 42.0 Å². The zero-order chi connectivity index (χ0) is 13.9. The Hall–Kier alpha value is -2.05. The highest BCUT2D eigenvalue weighted by atomic mass is 16.5. The smallest absolute Gasteiger partial charge is 0.181 e. The van der Waals surface area contributed by atoms with Gasteiger partial charge >= 0.3 is 0 Å². The molecule has 3 rings (SSSR count). The molecule has 0 spiro atoms. The Morgan fingerprint density at radius 3 is 2.85 bits per heavy atom. The molecule has 0 heterocycles. The van der Waals surface area contributed by atoms with E-state index in [1.165, 1.54) is 23.6 Å². The van der Waals surface area contributed by atoms with Gasteiger partial charge in [0.1, 0.15) is 11.8 Å². The monoisotopic (exact) mass is 266 g/mol. The van der Waals surface area contributed by atoms with Crippen LogP contribution in [0.3, 0.4) is 0 Å². The molecular formula is C17H18N2O. The molecule has 0 bridgehead atoms. The van der Waals surface area contributed by atoms with Gasteiger partial charge in [-0.1, -0.05) is 30.3 Å². The van der Waals surface area contributed by atoms with E-state index in [0.717, 1.165) is 17.9 Å². The van der Waals surface area contributed by atoms with Crippen LogP contribution in [0.15, 0.2) is 36.4 Å². The third-order valence-electron chi connectivity index (χ3n) is 3.63. The van der Waals surface area contributed by atoms with Crippen LogP contribution in [0.4, 0.5) is 0 Å². The summed E-state index contributed by atoms with van der Waals surface area (Å²) in [5, 5.41) is 14.9. The second-order valence-electron chi connectivity index (χ2n) is 5.31. The van der Waals surface area contributed by atoms with E-state index in [2.05, 4.69) is 29.6 Å². The zero-order valence-corrected chi connectivity index (χ0v) is 11.6. The SMILES string of the molecule is CC(C#N)Oc1ccc2ccccc2c1CNC1CC1. The van der Waals surface area contributed by atoms with Gasteiger partial charge in [0.15, 0.2) is 6.10 Å². The second kappa shape index (κ2) is 5.52. The molecule has 0 amide bonds. The van der Waals surface area contributed by atoms with Gasteiger partial charge in [-0.25, -0.2) is 0 Å². The van der Waals surface area contributed by atoms with Crippen LogP contribution in [0.2, 0.25) is 0 Å². The van der Waals surface area contributed by atoms with Crippen molar-refractivity contribution in [1.29, 1.82) is 5.26 Å². The summed E-state index contributed by atoms with van der Waals surface area (Å²) in [6, 6.07) is 15.1. The van der Waals surface area contributed by atoms with E-state index in [-0.39, 0.29) is 0 Å². The van der Waals surface area contributed by atoms with Crippen LogP contribution in [0.1, 0.15) is 25.3 Å². The van der Waals surface area contributed by atoms with Crippen molar-refractivity contribution >= 4 is 10.8 Å². The predicted octanol–water partition coefficient (Wildman–Crippen LogP) is 3.38. The summed E-state index contributed by atoms with van der Waals surface area (Å²) in [5.41, 5.74) is 1.15. The molecule has 1 atom stereocenters. The van der Waals surface area contributed by atoms with Gasteiger partial charge in [-0.2, -0.15) is 5.26 Å². The average Bonchev–Trinajstić information content (AvgIpc) is 3.30. The molecule has 1 aliphatic carbocycles. The van der Waals surface area contributed by atoms with Gasteiger partial charge in [0.2, 0.25) is 0 Å². The highest BCUT2D eigenvalue weighted by Gasteiger charge is 2.21. The highest BCUT2D eigenvalue weighted by molar-refractivity contribution is 5.87. The minimum atomic E-state index is -0.434. The van der Waals surface area contributed by atoms with Gasteiger partial charge in [0.05, 0.1) is 0 Å². The van der Waals surface area contributed by atoms with Gasteiger partial charge in [-0.05, 0) is 36.6 Å².